The zero-order valence-corrected chi connectivity index (χ0v) is 11.6. The molecule has 0 radical (unpaired) electrons. The Labute approximate surface area is 118 Å². The van der Waals surface area contributed by atoms with Gasteiger partial charge in [-0.3, -0.25) is 4.79 Å². The van der Waals surface area contributed by atoms with E-state index in [-0.39, 0.29) is 0 Å². The van der Waals surface area contributed by atoms with Gasteiger partial charge in [0.1, 0.15) is 5.37 Å². The molecule has 0 aliphatic heterocycles. The Morgan fingerprint density at radius 3 is 2.41 bits per heavy atom. The first-order valence-corrected chi connectivity index (χ1v) is 6.58. The molecular formula is C10H9Cl3FNOS. The van der Waals surface area contributed by atoms with Crippen LogP contribution in [-0.4, -0.2) is 21.7 Å². The van der Waals surface area contributed by atoms with Gasteiger partial charge in [-0.15, -0.1) is 0 Å². The van der Waals surface area contributed by atoms with Gasteiger partial charge in [-0.2, -0.15) is 0 Å². The first kappa shape index (κ1) is 14.9. The minimum atomic E-state index is -1.72. The number of carbonyl (C=O) groups is 1. The van der Waals surface area contributed by atoms with Crippen LogP contribution in [0.1, 0.15) is 0 Å². The van der Waals surface area contributed by atoms with Gasteiger partial charge in [0.15, 0.2) is 6.67 Å². The number of amides is 1. The van der Waals surface area contributed by atoms with Crippen molar-refractivity contribution in [1.82, 2.24) is 5.32 Å². The fraction of sp³-hybridized carbons (Fsp3) is 0.300. The van der Waals surface area contributed by atoms with Gasteiger partial charge in [-0.25, -0.2) is 4.39 Å². The Hall–Kier alpha value is -0.160. The van der Waals surface area contributed by atoms with Gasteiger partial charge in [0.05, 0.1) is 0 Å². The molecule has 1 rings (SSSR count). The van der Waals surface area contributed by atoms with Crippen molar-refractivity contribution >= 4 is 52.5 Å². The number of hydrogen-bond donors (Lipinski definition) is 1. The zero-order chi connectivity index (χ0) is 12.9. The van der Waals surface area contributed by atoms with Gasteiger partial charge in [0.2, 0.25) is 3.79 Å². The molecular weight excluding hydrogens is 308 g/mol. The van der Waals surface area contributed by atoms with E-state index in [9.17, 15) is 9.18 Å². The SMILES string of the molecule is O=C(CF)N[C@H](Sc1ccccc1)C(Cl)(Cl)Cl. The summed E-state index contributed by atoms with van der Waals surface area (Å²) in [7, 11) is 0. The van der Waals surface area contributed by atoms with Gasteiger partial charge < -0.3 is 5.32 Å². The fourth-order valence-corrected chi connectivity index (χ4v) is 2.47. The number of alkyl halides is 4. The van der Waals surface area contributed by atoms with Crippen molar-refractivity contribution in [1.29, 1.82) is 0 Å². The van der Waals surface area contributed by atoms with E-state index in [2.05, 4.69) is 5.32 Å². The first-order valence-electron chi connectivity index (χ1n) is 4.57. The number of halogens is 4. The molecule has 0 aliphatic rings. The van der Waals surface area contributed by atoms with Crippen LogP contribution in [0.4, 0.5) is 4.39 Å². The number of thioether (sulfide) groups is 1. The van der Waals surface area contributed by atoms with Crippen molar-refractivity contribution in [2.45, 2.75) is 14.1 Å². The van der Waals surface area contributed by atoms with E-state index in [1.165, 1.54) is 0 Å². The molecule has 94 valence electrons. The number of hydrogen-bond acceptors (Lipinski definition) is 2. The minimum Gasteiger partial charge on any atom is -0.338 e. The highest BCUT2D eigenvalue weighted by molar-refractivity contribution is 8.00. The number of carbonyl (C=O) groups excluding carboxylic acids is 1. The maximum atomic E-state index is 12.1. The lowest BCUT2D eigenvalue weighted by Crippen LogP contribution is -2.42. The lowest BCUT2D eigenvalue weighted by atomic mass is 10.4. The third-order valence-corrected chi connectivity index (χ3v) is 4.00. The first-order chi connectivity index (χ1) is 7.93. The van der Waals surface area contributed by atoms with E-state index in [0.29, 0.717) is 0 Å². The van der Waals surface area contributed by atoms with Crippen molar-refractivity contribution in [3.05, 3.63) is 30.3 Å². The summed E-state index contributed by atoms with van der Waals surface area (Å²) in [6.45, 7) is -1.15. The summed E-state index contributed by atoms with van der Waals surface area (Å²) in [4.78, 5) is 11.8. The van der Waals surface area contributed by atoms with Gasteiger partial charge in [-0.05, 0) is 12.1 Å². The Balaban J connectivity index is 2.75. The molecule has 0 aromatic heterocycles. The number of benzene rings is 1. The predicted molar refractivity (Wildman–Crippen MR) is 70.5 cm³/mol. The molecule has 7 heteroatoms. The molecule has 2 nitrogen and oxygen atoms in total. The fourth-order valence-electron chi connectivity index (χ4n) is 0.998. The second-order valence-corrected chi connectivity index (χ2v) is 6.60. The smallest absolute Gasteiger partial charge is 0.252 e. The Kier molecular flexibility index (Phi) is 5.86. The molecule has 1 N–H and O–H groups in total. The topological polar surface area (TPSA) is 29.1 Å². The van der Waals surface area contributed by atoms with E-state index < -0.39 is 21.7 Å². The largest absolute Gasteiger partial charge is 0.338 e. The molecule has 1 aromatic carbocycles. The van der Waals surface area contributed by atoms with Gasteiger partial charge >= 0.3 is 0 Å². The standard InChI is InChI=1S/C10H9Cl3FNOS/c11-10(12,13)9(15-8(16)6-14)17-7-4-2-1-3-5-7/h1-5,9H,6H2,(H,15,16)/t9-/m1/s1. The van der Waals surface area contributed by atoms with Crippen LogP contribution in [-0.2, 0) is 4.79 Å². The maximum Gasteiger partial charge on any atom is 0.252 e. The van der Waals surface area contributed by atoms with E-state index in [1.807, 2.05) is 18.2 Å². The van der Waals surface area contributed by atoms with E-state index in [1.54, 1.807) is 12.1 Å². The second kappa shape index (κ2) is 6.69. The monoisotopic (exact) mass is 315 g/mol. The van der Waals surface area contributed by atoms with Crippen molar-refractivity contribution in [2.75, 3.05) is 6.67 Å². The van der Waals surface area contributed by atoms with Crippen LogP contribution in [0.3, 0.4) is 0 Å². The van der Waals surface area contributed by atoms with Crippen LogP contribution in [0, 0.1) is 0 Å². The van der Waals surface area contributed by atoms with Crippen molar-refractivity contribution in [2.24, 2.45) is 0 Å². The predicted octanol–water partition coefficient (Wildman–Crippen LogP) is 3.56. The van der Waals surface area contributed by atoms with Crippen molar-refractivity contribution in [3.8, 4) is 0 Å². The molecule has 17 heavy (non-hydrogen) atoms. The van der Waals surface area contributed by atoms with E-state index in [0.717, 1.165) is 16.7 Å². The highest BCUT2D eigenvalue weighted by Gasteiger charge is 2.34. The van der Waals surface area contributed by atoms with E-state index >= 15 is 0 Å². The van der Waals surface area contributed by atoms with Crippen LogP contribution in [0.2, 0.25) is 0 Å². The summed E-state index contributed by atoms with van der Waals surface area (Å²) in [6, 6.07) is 9.07. The average molecular weight is 317 g/mol. The molecule has 0 spiro atoms. The highest BCUT2D eigenvalue weighted by atomic mass is 35.6. The average Bonchev–Trinajstić information content (AvgIpc) is 2.28. The molecule has 0 fully saturated rings. The third kappa shape index (κ3) is 5.34. The molecule has 0 aliphatic carbocycles. The molecule has 1 amide bonds. The third-order valence-electron chi connectivity index (χ3n) is 1.71. The number of rotatable bonds is 4. The maximum absolute atomic E-state index is 12.1. The summed E-state index contributed by atoms with van der Waals surface area (Å²) in [5.41, 5.74) is 0. The van der Waals surface area contributed by atoms with Crippen molar-refractivity contribution in [3.63, 3.8) is 0 Å². The van der Waals surface area contributed by atoms with Crippen LogP contribution in [0.5, 0.6) is 0 Å². The molecule has 1 atom stereocenters. The second-order valence-electron chi connectivity index (χ2n) is 3.05. The molecule has 0 bridgehead atoms. The molecule has 0 saturated carbocycles. The van der Waals surface area contributed by atoms with E-state index in [4.69, 9.17) is 34.8 Å². The van der Waals surface area contributed by atoms with Crippen LogP contribution in [0.25, 0.3) is 0 Å². The molecule has 0 unspecified atom stereocenters. The Morgan fingerprint density at radius 1 is 1.35 bits per heavy atom. The summed E-state index contributed by atoms with van der Waals surface area (Å²) in [6.07, 6.45) is 0. The Bertz CT molecular complexity index is 372. The van der Waals surface area contributed by atoms with Crippen LogP contribution < -0.4 is 5.32 Å². The van der Waals surface area contributed by atoms with Gasteiger partial charge in [-0.1, -0.05) is 64.8 Å². The van der Waals surface area contributed by atoms with Gasteiger partial charge in [0, 0.05) is 4.90 Å². The molecule has 1 aromatic rings. The zero-order valence-electron chi connectivity index (χ0n) is 8.50. The minimum absolute atomic E-state index is 0.808. The summed E-state index contributed by atoms with van der Waals surface area (Å²) >= 11 is 18.3. The molecule has 0 saturated heterocycles. The normalized spacial score (nSPS) is 13.2. The summed E-state index contributed by atoms with van der Waals surface area (Å²) < 4.78 is 10.4. The number of nitrogens with one attached hydrogen (secondary N) is 1. The summed E-state index contributed by atoms with van der Waals surface area (Å²) in [5.74, 6) is -0.815. The highest BCUT2D eigenvalue weighted by Crippen LogP contribution is 2.39. The molecule has 0 heterocycles. The quantitative estimate of drug-likeness (QED) is 0.523. The Morgan fingerprint density at radius 2 is 1.94 bits per heavy atom. The lowest BCUT2D eigenvalue weighted by Gasteiger charge is -2.24. The van der Waals surface area contributed by atoms with Crippen LogP contribution >= 0.6 is 46.6 Å². The van der Waals surface area contributed by atoms with Crippen LogP contribution in [0.15, 0.2) is 35.2 Å². The van der Waals surface area contributed by atoms with Gasteiger partial charge in [0.25, 0.3) is 5.91 Å². The van der Waals surface area contributed by atoms with Crippen molar-refractivity contribution < 1.29 is 9.18 Å². The summed E-state index contributed by atoms with van der Waals surface area (Å²) in [5, 5.41) is 1.46. The lowest BCUT2D eigenvalue weighted by molar-refractivity contribution is -0.122.